The zero-order chi connectivity index (χ0) is 14.7. The molecule has 0 bridgehead atoms. The first-order valence-electron chi connectivity index (χ1n) is 5.56. The fraction of sp³-hybridized carbons (Fsp3) is 0.0833. The molecule has 8 heteroatoms. The second-order valence-electron chi connectivity index (χ2n) is 3.82. The Bertz CT molecular complexity index is 644. The molecule has 6 nitrogen and oxygen atoms in total. The highest BCUT2D eigenvalue weighted by Gasteiger charge is 2.12. The van der Waals surface area contributed by atoms with Crippen molar-refractivity contribution in [3.63, 3.8) is 0 Å². The smallest absolute Gasteiger partial charge is 0.276 e. The Hall–Kier alpha value is -1.67. The number of nitrogens with one attached hydrogen (secondary N) is 2. The average Bonchev–Trinajstić information content (AvgIpc) is 2.42. The molecule has 0 atom stereocenters. The molecule has 0 saturated heterocycles. The van der Waals surface area contributed by atoms with Crippen LogP contribution in [0.2, 0.25) is 0 Å². The Balaban J connectivity index is 2.43. The van der Waals surface area contributed by atoms with Gasteiger partial charge in [-0.3, -0.25) is 10.1 Å². The quantitative estimate of drug-likeness (QED) is 0.589. The molecule has 2 N–H and O–H groups in total. The Morgan fingerprint density at radius 1 is 1.20 bits per heavy atom. The first-order valence-corrected chi connectivity index (χ1v) is 7.15. The van der Waals surface area contributed by atoms with E-state index < -0.39 is 4.92 Å². The van der Waals surface area contributed by atoms with Gasteiger partial charge in [0.15, 0.2) is 0 Å². The molecule has 0 spiro atoms. The number of pyridine rings is 1. The molecular weight excluding hydrogens is 392 g/mol. The van der Waals surface area contributed by atoms with Gasteiger partial charge in [0, 0.05) is 16.0 Å². The lowest BCUT2D eigenvalue weighted by atomic mass is 10.3. The third-order valence-corrected chi connectivity index (χ3v) is 3.81. The monoisotopic (exact) mass is 400 g/mol. The predicted octanol–water partition coefficient (Wildman–Crippen LogP) is 4.30. The normalized spacial score (nSPS) is 10.2. The Morgan fingerprint density at radius 3 is 2.35 bits per heavy atom. The molecule has 2 aromatic rings. The molecule has 0 radical (unpaired) electrons. The summed E-state index contributed by atoms with van der Waals surface area (Å²) in [6.45, 7) is 0. The van der Waals surface area contributed by atoms with E-state index in [0.29, 0.717) is 11.6 Å². The van der Waals surface area contributed by atoms with Crippen molar-refractivity contribution in [1.82, 2.24) is 4.98 Å². The van der Waals surface area contributed by atoms with Crippen LogP contribution in [0.4, 0.5) is 23.0 Å². The second-order valence-corrected chi connectivity index (χ2v) is 5.53. The fourth-order valence-electron chi connectivity index (χ4n) is 1.56. The van der Waals surface area contributed by atoms with Crippen LogP contribution in [0.25, 0.3) is 0 Å². The number of aromatic nitrogens is 1. The summed E-state index contributed by atoms with van der Waals surface area (Å²) in [7, 11) is 1.66. The molecule has 20 heavy (non-hydrogen) atoms. The highest BCUT2D eigenvalue weighted by Crippen LogP contribution is 2.33. The maximum absolute atomic E-state index is 10.9. The molecule has 2 rings (SSSR count). The topological polar surface area (TPSA) is 80.1 Å². The van der Waals surface area contributed by atoms with Gasteiger partial charge in [0.1, 0.15) is 11.6 Å². The van der Waals surface area contributed by atoms with Crippen LogP contribution in [-0.4, -0.2) is 17.0 Å². The van der Waals surface area contributed by atoms with E-state index in [2.05, 4.69) is 47.5 Å². The summed E-state index contributed by atoms with van der Waals surface area (Å²) in [5, 5.41) is 16.8. The number of hydrogen-bond acceptors (Lipinski definition) is 5. The minimum absolute atomic E-state index is 0.0324. The van der Waals surface area contributed by atoms with Gasteiger partial charge in [-0.15, -0.1) is 0 Å². The summed E-state index contributed by atoms with van der Waals surface area (Å²) in [6, 6.07) is 8.36. The lowest BCUT2D eigenvalue weighted by Gasteiger charge is -2.11. The van der Waals surface area contributed by atoms with E-state index in [1.165, 1.54) is 12.1 Å². The van der Waals surface area contributed by atoms with Crippen LogP contribution in [0.3, 0.4) is 0 Å². The summed E-state index contributed by atoms with van der Waals surface area (Å²) < 4.78 is 1.65. The van der Waals surface area contributed by atoms with Crippen LogP contribution in [0.15, 0.2) is 39.3 Å². The molecule has 0 fully saturated rings. The number of benzene rings is 1. The zero-order valence-corrected chi connectivity index (χ0v) is 13.5. The van der Waals surface area contributed by atoms with Gasteiger partial charge in [-0.2, -0.15) is 0 Å². The lowest BCUT2D eigenvalue weighted by molar-refractivity contribution is -0.384. The van der Waals surface area contributed by atoms with E-state index >= 15 is 0 Å². The third-order valence-electron chi connectivity index (χ3n) is 2.49. The average molecular weight is 402 g/mol. The van der Waals surface area contributed by atoms with Gasteiger partial charge in [-0.1, -0.05) is 6.07 Å². The van der Waals surface area contributed by atoms with Crippen LogP contribution in [0.5, 0.6) is 0 Å². The van der Waals surface area contributed by atoms with E-state index in [-0.39, 0.29) is 5.69 Å². The first kappa shape index (κ1) is 14.7. The van der Waals surface area contributed by atoms with Crippen molar-refractivity contribution in [3.8, 4) is 0 Å². The molecule has 0 aliphatic heterocycles. The molecule has 0 amide bonds. The summed E-state index contributed by atoms with van der Waals surface area (Å²) in [6.07, 6.45) is 0. The van der Waals surface area contributed by atoms with E-state index in [4.69, 9.17) is 0 Å². The summed E-state index contributed by atoms with van der Waals surface area (Å²) >= 11 is 6.84. The lowest BCUT2D eigenvalue weighted by Crippen LogP contribution is -2.01. The molecule has 0 unspecified atom stereocenters. The molecule has 1 aromatic heterocycles. The highest BCUT2D eigenvalue weighted by atomic mass is 79.9. The van der Waals surface area contributed by atoms with E-state index in [1.807, 2.05) is 18.2 Å². The van der Waals surface area contributed by atoms with E-state index in [1.54, 1.807) is 7.05 Å². The number of nitro groups is 1. The Morgan fingerprint density at radius 2 is 1.80 bits per heavy atom. The largest absolute Gasteiger partial charge is 0.373 e. The zero-order valence-electron chi connectivity index (χ0n) is 10.4. The van der Waals surface area contributed by atoms with Crippen molar-refractivity contribution in [2.24, 2.45) is 0 Å². The van der Waals surface area contributed by atoms with Crippen molar-refractivity contribution in [1.29, 1.82) is 0 Å². The fourth-order valence-corrected chi connectivity index (χ4v) is 2.76. The predicted molar refractivity (Wildman–Crippen MR) is 85.6 cm³/mol. The van der Waals surface area contributed by atoms with Gasteiger partial charge in [0.2, 0.25) is 0 Å². The Kier molecular flexibility index (Phi) is 4.56. The van der Waals surface area contributed by atoms with Crippen molar-refractivity contribution in [3.05, 3.63) is 49.4 Å². The molecular formula is C12H10Br2N4O2. The van der Waals surface area contributed by atoms with Crippen LogP contribution in [0.1, 0.15) is 0 Å². The van der Waals surface area contributed by atoms with Gasteiger partial charge >= 0.3 is 0 Å². The van der Waals surface area contributed by atoms with Gasteiger partial charge in [-0.25, -0.2) is 4.98 Å². The highest BCUT2D eigenvalue weighted by molar-refractivity contribution is 9.11. The van der Waals surface area contributed by atoms with Gasteiger partial charge < -0.3 is 10.6 Å². The molecule has 0 saturated carbocycles. The maximum Gasteiger partial charge on any atom is 0.276 e. The van der Waals surface area contributed by atoms with Crippen molar-refractivity contribution in [2.75, 3.05) is 17.7 Å². The van der Waals surface area contributed by atoms with Gasteiger partial charge in [0.05, 0.1) is 22.7 Å². The second kappa shape index (κ2) is 6.19. The van der Waals surface area contributed by atoms with Gasteiger partial charge in [-0.05, 0) is 44.0 Å². The maximum atomic E-state index is 10.9. The SMILES string of the molecule is CNc1cc([N+](=O)[O-])cc(Nc2c(Br)cccc2Br)n1. The standard InChI is InChI=1S/C12H10Br2N4O2/c1-15-10-5-7(18(19)20)6-11(16-10)17-12-8(13)3-2-4-9(12)14/h2-6H,1H3,(H2,15,16,17). The van der Waals surface area contributed by atoms with Crippen molar-refractivity contribution < 1.29 is 4.92 Å². The van der Waals surface area contributed by atoms with Crippen LogP contribution in [0, 0.1) is 10.1 Å². The van der Waals surface area contributed by atoms with E-state index in [9.17, 15) is 10.1 Å². The minimum atomic E-state index is -0.456. The van der Waals surface area contributed by atoms with Crippen LogP contribution < -0.4 is 10.6 Å². The number of halogens is 2. The van der Waals surface area contributed by atoms with Crippen LogP contribution in [-0.2, 0) is 0 Å². The number of para-hydroxylation sites is 1. The van der Waals surface area contributed by atoms with Crippen molar-refractivity contribution >= 4 is 54.9 Å². The molecule has 0 aliphatic carbocycles. The first-order chi connectivity index (χ1) is 9.51. The number of rotatable bonds is 4. The van der Waals surface area contributed by atoms with Gasteiger partial charge in [0.25, 0.3) is 5.69 Å². The molecule has 1 aromatic carbocycles. The van der Waals surface area contributed by atoms with Crippen molar-refractivity contribution in [2.45, 2.75) is 0 Å². The summed E-state index contributed by atoms with van der Waals surface area (Å²) in [5.41, 5.74) is 0.720. The summed E-state index contributed by atoms with van der Waals surface area (Å²) in [5.74, 6) is 0.807. The number of nitrogens with zero attached hydrogens (tertiary/aromatic N) is 2. The number of anilines is 3. The van der Waals surface area contributed by atoms with E-state index in [0.717, 1.165) is 14.6 Å². The molecule has 104 valence electrons. The minimum Gasteiger partial charge on any atom is -0.373 e. The summed E-state index contributed by atoms with van der Waals surface area (Å²) in [4.78, 5) is 14.7. The number of hydrogen-bond donors (Lipinski definition) is 2. The molecule has 0 aliphatic rings. The Labute approximate surface area is 132 Å². The molecule has 1 heterocycles. The third kappa shape index (κ3) is 3.26. The van der Waals surface area contributed by atoms with Crippen LogP contribution >= 0.6 is 31.9 Å².